The molecule has 0 bridgehead atoms. The van der Waals surface area contributed by atoms with Crippen LogP contribution < -0.4 is 16.0 Å². The van der Waals surface area contributed by atoms with Crippen LogP contribution in [-0.2, 0) is 9.59 Å². The molecule has 1 aliphatic rings. The number of aryl methyl sites for hydroxylation is 1. The lowest BCUT2D eigenvalue weighted by Gasteiger charge is -2.11. The van der Waals surface area contributed by atoms with Crippen LogP contribution in [0.15, 0.2) is 18.3 Å². The van der Waals surface area contributed by atoms with Crippen molar-refractivity contribution in [2.45, 2.75) is 32.2 Å². The Morgan fingerprint density at radius 2 is 2.30 bits per heavy atom. The molecule has 1 saturated heterocycles. The number of amides is 2. The van der Waals surface area contributed by atoms with Crippen molar-refractivity contribution in [3.05, 3.63) is 23.9 Å². The highest BCUT2D eigenvalue weighted by molar-refractivity contribution is 5.90. The topological polar surface area (TPSA) is 83.1 Å². The van der Waals surface area contributed by atoms with Crippen LogP contribution >= 0.6 is 0 Å². The second kappa shape index (κ2) is 6.88. The molecule has 1 fully saturated rings. The van der Waals surface area contributed by atoms with Crippen molar-refractivity contribution in [3.63, 3.8) is 0 Å². The second-order valence-electron chi connectivity index (χ2n) is 4.95. The van der Waals surface area contributed by atoms with Crippen molar-refractivity contribution in [1.29, 1.82) is 0 Å². The van der Waals surface area contributed by atoms with Crippen LogP contribution in [-0.4, -0.2) is 35.9 Å². The Balaban J connectivity index is 1.58. The number of rotatable bonds is 6. The summed E-state index contributed by atoms with van der Waals surface area (Å²) in [5.74, 6) is 0.701. The molecule has 3 N–H and O–H groups in total. The van der Waals surface area contributed by atoms with Crippen LogP contribution in [0.25, 0.3) is 0 Å². The van der Waals surface area contributed by atoms with Crippen LogP contribution in [0.3, 0.4) is 0 Å². The standard InChI is InChI=1S/C14H20N4O2/c1-10-3-5-12(17-9-10)15-7-2-8-16-14(20)11-4-6-13(19)18-11/h3,5,9,11H,2,4,6-8H2,1H3,(H,15,17)(H,16,20)(H,18,19)/t11-/m0/s1. The smallest absolute Gasteiger partial charge is 0.242 e. The normalized spacial score (nSPS) is 17.6. The average molecular weight is 276 g/mol. The Bertz CT molecular complexity index is 473. The lowest BCUT2D eigenvalue weighted by molar-refractivity contribution is -0.125. The van der Waals surface area contributed by atoms with Gasteiger partial charge in [0.05, 0.1) is 0 Å². The molecule has 2 rings (SSSR count). The maximum atomic E-state index is 11.7. The third-order valence-electron chi connectivity index (χ3n) is 3.18. The largest absolute Gasteiger partial charge is 0.370 e. The van der Waals surface area contributed by atoms with Gasteiger partial charge >= 0.3 is 0 Å². The van der Waals surface area contributed by atoms with Crippen LogP contribution in [0.2, 0.25) is 0 Å². The molecule has 2 amide bonds. The first-order chi connectivity index (χ1) is 9.65. The molecule has 1 aromatic heterocycles. The predicted octanol–water partition coefficient (Wildman–Crippen LogP) is 0.587. The minimum atomic E-state index is -0.353. The molecule has 6 nitrogen and oxygen atoms in total. The molecule has 0 unspecified atom stereocenters. The zero-order chi connectivity index (χ0) is 14.4. The summed E-state index contributed by atoms with van der Waals surface area (Å²) in [5, 5.41) is 8.67. The van der Waals surface area contributed by atoms with E-state index in [0.29, 0.717) is 19.4 Å². The quantitative estimate of drug-likeness (QED) is 0.664. The van der Waals surface area contributed by atoms with Gasteiger partial charge in [0.1, 0.15) is 11.9 Å². The molecule has 108 valence electrons. The highest BCUT2D eigenvalue weighted by atomic mass is 16.2. The van der Waals surface area contributed by atoms with Gasteiger partial charge in [-0.3, -0.25) is 9.59 Å². The van der Waals surface area contributed by atoms with E-state index in [1.807, 2.05) is 25.3 Å². The number of hydrogen-bond donors (Lipinski definition) is 3. The van der Waals surface area contributed by atoms with Crippen molar-refractivity contribution < 1.29 is 9.59 Å². The number of pyridine rings is 1. The summed E-state index contributed by atoms with van der Waals surface area (Å²) in [6.45, 7) is 3.32. The van der Waals surface area contributed by atoms with Crippen molar-refractivity contribution in [2.24, 2.45) is 0 Å². The van der Waals surface area contributed by atoms with Crippen LogP contribution in [0.4, 0.5) is 5.82 Å². The second-order valence-corrected chi connectivity index (χ2v) is 4.95. The number of carbonyl (C=O) groups is 2. The summed E-state index contributed by atoms with van der Waals surface area (Å²) in [6.07, 6.45) is 3.66. The van der Waals surface area contributed by atoms with Crippen molar-refractivity contribution in [1.82, 2.24) is 15.6 Å². The SMILES string of the molecule is Cc1ccc(NCCCNC(=O)[C@@H]2CCC(=O)N2)nc1. The lowest BCUT2D eigenvalue weighted by atomic mass is 10.2. The minimum absolute atomic E-state index is 0.0442. The van der Waals surface area contributed by atoms with E-state index < -0.39 is 0 Å². The van der Waals surface area contributed by atoms with Gasteiger partial charge in [0.2, 0.25) is 11.8 Å². The number of anilines is 1. The summed E-state index contributed by atoms with van der Waals surface area (Å²) in [5.41, 5.74) is 1.13. The van der Waals surface area contributed by atoms with E-state index in [9.17, 15) is 9.59 Å². The number of nitrogens with zero attached hydrogens (tertiary/aromatic N) is 1. The number of hydrogen-bond acceptors (Lipinski definition) is 4. The summed E-state index contributed by atoms with van der Waals surface area (Å²) in [6, 6.07) is 3.58. The van der Waals surface area contributed by atoms with E-state index >= 15 is 0 Å². The highest BCUT2D eigenvalue weighted by Gasteiger charge is 2.26. The van der Waals surface area contributed by atoms with Crippen molar-refractivity contribution in [3.8, 4) is 0 Å². The van der Waals surface area contributed by atoms with Gasteiger partial charge in [0.25, 0.3) is 0 Å². The van der Waals surface area contributed by atoms with Crippen LogP contribution in [0, 0.1) is 6.92 Å². The third kappa shape index (κ3) is 4.22. The first-order valence-electron chi connectivity index (χ1n) is 6.89. The molecule has 0 aliphatic carbocycles. The molecular weight excluding hydrogens is 256 g/mol. The fourth-order valence-corrected chi connectivity index (χ4v) is 2.02. The molecule has 1 aliphatic heterocycles. The van der Waals surface area contributed by atoms with Gasteiger partial charge in [-0.05, 0) is 31.4 Å². The van der Waals surface area contributed by atoms with Gasteiger partial charge in [0, 0.05) is 25.7 Å². The van der Waals surface area contributed by atoms with Gasteiger partial charge in [0.15, 0.2) is 0 Å². The molecule has 0 saturated carbocycles. The molecule has 6 heteroatoms. The summed E-state index contributed by atoms with van der Waals surface area (Å²) in [4.78, 5) is 26.9. The molecule has 0 spiro atoms. The van der Waals surface area contributed by atoms with Crippen molar-refractivity contribution >= 4 is 17.6 Å². The molecule has 1 aromatic rings. The third-order valence-corrected chi connectivity index (χ3v) is 3.18. The summed E-state index contributed by atoms with van der Waals surface area (Å²) >= 11 is 0. The van der Waals surface area contributed by atoms with Crippen molar-refractivity contribution in [2.75, 3.05) is 18.4 Å². The molecular formula is C14H20N4O2. The molecule has 0 radical (unpaired) electrons. The molecule has 2 heterocycles. The van der Waals surface area contributed by atoms with Gasteiger partial charge in [-0.2, -0.15) is 0 Å². The number of aromatic nitrogens is 1. The number of nitrogens with one attached hydrogen (secondary N) is 3. The zero-order valence-corrected chi connectivity index (χ0v) is 11.6. The van der Waals surface area contributed by atoms with Gasteiger partial charge in [-0.1, -0.05) is 6.07 Å². The molecule has 1 atom stereocenters. The first-order valence-corrected chi connectivity index (χ1v) is 6.89. The summed E-state index contributed by atoms with van der Waals surface area (Å²) in [7, 11) is 0. The monoisotopic (exact) mass is 276 g/mol. The van der Waals surface area contributed by atoms with Gasteiger partial charge < -0.3 is 16.0 Å². The fourth-order valence-electron chi connectivity index (χ4n) is 2.02. The summed E-state index contributed by atoms with van der Waals surface area (Å²) < 4.78 is 0. The number of carbonyl (C=O) groups excluding carboxylic acids is 2. The van der Waals surface area contributed by atoms with Gasteiger partial charge in [-0.25, -0.2) is 4.98 Å². The Kier molecular flexibility index (Phi) is 4.92. The Morgan fingerprint density at radius 1 is 1.45 bits per heavy atom. The maximum absolute atomic E-state index is 11.7. The minimum Gasteiger partial charge on any atom is -0.370 e. The average Bonchev–Trinajstić information content (AvgIpc) is 2.87. The van der Waals surface area contributed by atoms with E-state index in [0.717, 1.165) is 24.3 Å². The Labute approximate surface area is 118 Å². The van der Waals surface area contributed by atoms with Crippen LogP contribution in [0.5, 0.6) is 0 Å². The Hall–Kier alpha value is -2.11. The lowest BCUT2D eigenvalue weighted by Crippen LogP contribution is -2.42. The van der Waals surface area contributed by atoms with E-state index in [-0.39, 0.29) is 17.9 Å². The van der Waals surface area contributed by atoms with E-state index in [2.05, 4.69) is 20.9 Å². The fraction of sp³-hybridized carbons (Fsp3) is 0.500. The highest BCUT2D eigenvalue weighted by Crippen LogP contribution is 2.06. The van der Waals surface area contributed by atoms with Crippen LogP contribution in [0.1, 0.15) is 24.8 Å². The Morgan fingerprint density at radius 3 is 2.95 bits per heavy atom. The van der Waals surface area contributed by atoms with E-state index in [1.165, 1.54) is 0 Å². The maximum Gasteiger partial charge on any atom is 0.242 e. The van der Waals surface area contributed by atoms with Gasteiger partial charge in [-0.15, -0.1) is 0 Å². The predicted molar refractivity (Wildman–Crippen MR) is 76.3 cm³/mol. The molecule has 20 heavy (non-hydrogen) atoms. The van der Waals surface area contributed by atoms with E-state index in [1.54, 1.807) is 0 Å². The van der Waals surface area contributed by atoms with E-state index in [4.69, 9.17) is 0 Å². The zero-order valence-electron chi connectivity index (χ0n) is 11.6. The first kappa shape index (κ1) is 14.3. The molecule has 0 aromatic carbocycles.